The average Bonchev–Trinajstić information content (AvgIpc) is 3.26. The normalized spacial score (nSPS) is 11.3. The van der Waals surface area contributed by atoms with Crippen LogP contribution in [0.25, 0.3) is 22.7 Å². The highest BCUT2D eigenvalue weighted by Crippen LogP contribution is 2.20. The van der Waals surface area contributed by atoms with Gasteiger partial charge in [0.25, 0.3) is 0 Å². The Morgan fingerprint density at radius 3 is 2.91 bits per heavy atom. The van der Waals surface area contributed by atoms with Crippen molar-refractivity contribution in [1.29, 1.82) is 0 Å². The maximum atomic E-state index is 4.67. The van der Waals surface area contributed by atoms with Crippen molar-refractivity contribution < 1.29 is 0 Å². The zero-order valence-corrected chi connectivity index (χ0v) is 13.0. The van der Waals surface area contributed by atoms with Crippen LogP contribution in [0.15, 0.2) is 42.0 Å². The van der Waals surface area contributed by atoms with E-state index in [4.69, 9.17) is 0 Å². The number of hydrogen-bond donors (Lipinski definition) is 1. The van der Waals surface area contributed by atoms with Crippen LogP contribution >= 0.6 is 11.3 Å². The summed E-state index contributed by atoms with van der Waals surface area (Å²) in [4.78, 5) is 13.7. The monoisotopic (exact) mass is 309 g/mol. The molecular weight excluding hydrogens is 294 g/mol. The van der Waals surface area contributed by atoms with E-state index < -0.39 is 0 Å². The molecule has 6 heteroatoms. The second-order valence-corrected chi connectivity index (χ2v) is 6.14. The summed E-state index contributed by atoms with van der Waals surface area (Å²) < 4.78 is 1.92. The largest absolute Gasteiger partial charge is 0.334 e. The molecule has 0 radical (unpaired) electrons. The fourth-order valence-electron chi connectivity index (χ4n) is 2.41. The summed E-state index contributed by atoms with van der Waals surface area (Å²) in [5.74, 6) is 0.787. The van der Waals surface area contributed by atoms with Crippen LogP contribution in [0.5, 0.6) is 0 Å². The molecule has 0 aliphatic carbocycles. The SMILES string of the molecule is CCc1ccc(-c2nc3c(cnn3Cc3cccs3)[nH]2)nc1. The van der Waals surface area contributed by atoms with Crippen LogP contribution in [-0.4, -0.2) is 24.7 Å². The van der Waals surface area contributed by atoms with Crippen molar-refractivity contribution in [3.63, 3.8) is 0 Å². The number of thiophene rings is 1. The quantitative estimate of drug-likeness (QED) is 0.627. The van der Waals surface area contributed by atoms with Gasteiger partial charge in [0.1, 0.15) is 11.2 Å². The third kappa shape index (κ3) is 2.31. The first-order valence-corrected chi connectivity index (χ1v) is 8.10. The van der Waals surface area contributed by atoms with Crippen molar-refractivity contribution in [1.82, 2.24) is 24.7 Å². The summed E-state index contributed by atoms with van der Waals surface area (Å²) in [6, 6.07) is 8.26. The first kappa shape index (κ1) is 13.2. The molecule has 4 aromatic heterocycles. The van der Waals surface area contributed by atoms with Gasteiger partial charge in [0.2, 0.25) is 0 Å². The maximum absolute atomic E-state index is 4.67. The number of pyridine rings is 1. The van der Waals surface area contributed by atoms with Gasteiger partial charge >= 0.3 is 0 Å². The number of H-pyrrole nitrogens is 1. The predicted molar refractivity (Wildman–Crippen MR) is 87.9 cm³/mol. The van der Waals surface area contributed by atoms with Crippen molar-refractivity contribution in [3.8, 4) is 11.5 Å². The number of hydrogen-bond acceptors (Lipinski definition) is 4. The molecule has 0 aliphatic rings. The van der Waals surface area contributed by atoms with Crippen molar-refractivity contribution in [2.45, 2.75) is 19.9 Å². The van der Waals surface area contributed by atoms with Gasteiger partial charge in [0, 0.05) is 11.1 Å². The summed E-state index contributed by atoms with van der Waals surface area (Å²) in [5.41, 5.74) is 3.89. The van der Waals surface area contributed by atoms with Crippen molar-refractivity contribution >= 4 is 22.5 Å². The van der Waals surface area contributed by atoms with Crippen LogP contribution in [0.2, 0.25) is 0 Å². The Labute approximate surface area is 131 Å². The van der Waals surface area contributed by atoms with Gasteiger partial charge in [-0.15, -0.1) is 11.3 Å². The number of nitrogens with one attached hydrogen (secondary N) is 1. The van der Waals surface area contributed by atoms with E-state index in [1.165, 1.54) is 10.4 Å². The second-order valence-electron chi connectivity index (χ2n) is 5.11. The van der Waals surface area contributed by atoms with E-state index in [0.717, 1.165) is 35.6 Å². The van der Waals surface area contributed by atoms with Gasteiger partial charge < -0.3 is 4.98 Å². The predicted octanol–water partition coefficient (Wildman–Crippen LogP) is 3.49. The first-order valence-electron chi connectivity index (χ1n) is 7.22. The molecule has 0 saturated heterocycles. The molecule has 0 saturated carbocycles. The van der Waals surface area contributed by atoms with Gasteiger partial charge in [-0.2, -0.15) is 5.10 Å². The van der Waals surface area contributed by atoms with E-state index in [-0.39, 0.29) is 0 Å². The molecule has 0 bridgehead atoms. The Hall–Kier alpha value is -2.47. The van der Waals surface area contributed by atoms with E-state index in [9.17, 15) is 0 Å². The van der Waals surface area contributed by atoms with Gasteiger partial charge in [0.15, 0.2) is 11.5 Å². The van der Waals surface area contributed by atoms with E-state index in [2.05, 4.69) is 50.6 Å². The molecule has 0 spiro atoms. The molecule has 0 unspecified atom stereocenters. The fourth-order valence-corrected chi connectivity index (χ4v) is 3.09. The molecular formula is C16H15N5S. The lowest BCUT2D eigenvalue weighted by atomic mass is 10.2. The summed E-state index contributed by atoms with van der Waals surface area (Å²) in [6.07, 6.45) is 4.71. The van der Waals surface area contributed by atoms with E-state index >= 15 is 0 Å². The minimum Gasteiger partial charge on any atom is -0.334 e. The second kappa shape index (κ2) is 5.38. The van der Waals surface area contributed by atoms with Crippen molar-refractivity contribution in [2.24, 2.45) is 0 Å². The van der Waals surface area contributed by atoms with Crippen LogP contribution in [0.4, 0.5) is 0 Å². The Balaban J connectivity index is 1.69. The number of fused-ring (bicyclic) bond motifs is 1. The average molecular weight is 309 g/mol. The Morgan fingerprint density at radius 1 is 1.23 bits per heavy atom. The lowest BCUT2D eigenvalue weighted by Crippen LogP contribution is -2.00. The minimum atomic E-state index is 0.744. The molecule has 1 N–H and O–H groups in total. The smallest absolute Gasteiger partial charge is 0.177 e. The third-order valence-electron chi connectivity index (χ3n) is 3.64. The van der Waals surface area contributed by atoms with Gasteiger partial charge in [0.05, 0.1) is 12.7 Å². The van der Waals surface area contributed by atoms with E-state index in [0.29, 0.717) is 0 Å². The molecule has 110 valence electrons. The van der Waals surface area contributed by atoms with E-state index in [1.807, 2.05) is 23.1 Å². The number of rotatable bonds is 4. The first-order chi connectivity index (χ1) is 10.8. The van der Waals surface area contributed by atoms with Crippen LogP contribution < -0.4 is 0 Å². The Morgan fingerprint density at radius 2 is 2.18 bits per heavy atom. The number of imidazole rings is 1. The Kier molecular flexibility index (Phi) is 3.23. The van der Waals surface area contributed by atoms with Crippen molar-refractivity contribution in [2.75, 3.05) is 0 Å². The highest BCUT2D eigenvalue weighted by molar-refractivity contribution is 7.09. The number of nitrogens with zero attached hydrogens (tertiary/aromatic N) is 4. The van der Waals surface area contributed by atoms with Crippen LogP contribution in [-0.2, 0) is 13.0 Å². The summed E-state index contributed by atoms with van der Waals surface area (Å²) >= 11 is 1.73. The molecule has 0 aliphatic heterocycles. The Bertz CT molecular complexity index is 887. The number of aromatic amines is 1. The fraction of sp³-hybridized carbons (Fsp3) is 0.188. The van der Waals surface area contributed by atoms with Gasteiger partial charge in [-0.1, -0.05) is 19.1 Å². The van der Waals surface area contributed by atoms with Crippen LogP contribution in [0.3, 0.4) is 0 Å². The molecule has 22 heavy (non-hydrogen) atoms. The molecule has 4 heterocycles. The highest BCUT2D eigenvalue weighted by Gasteiger charge is 2.12. The van der Waals surface area contributed by atoms with Gasteiger partial charge in [-0.05, 0) is 29.5 Å². The van der Waals surface area contributed by atoms with Gasteiger partial charge in [-0.25, -0.2) is 9.67 Å². The summed E-state index contributed by atoms with van der Waals surface area (Å²) in [5, 5.41) is 6.48. The summed E-state index contributed by atoms with van der Waals surface area (Å²) in [7, 11) is 0. The van der Waals surface area contributed by atoms with E-state index in [1.54, 1.807) is 11.3 Å². The van der Waals surface area contributed by atoms with Crippen molar-refractivity contribution in [3.05, 3.63) is 52.5 Å². The molecule has 0 fully saturated rings. The summed E-state index contributed by atoms with van der Waals surface area (Å²) in [6.45, 7) is 2.87. The molecule has 4 aromatic rings. The zero-order valence-electron chi connectivity index (χ0n) is 12.2. The number of aromatic nitrogens is 5. The standard InChI is InChI=1S/C16H15N5S/c1-2-11-5-6-13(17-8-11)15-19-14-9-18-21(16(14)20-15)10-12-4-3-7-22-12/h3-9H,2,10H2,1H3,(H,19,20). The lowest BCUT2D eigenvalue weighted by molar-refractivity contribution is 0.713. The number of aryl methyl sites for hydroxylation is 1. The molecule has 0 amide bonds. The highest BCUT2D eigenvalue weighted by atomic mass is 32.1. The molecule has 0 atom stereocenters. The maximum Gasteiger partial charge on any atom is 0.177 e. The van der Waals surface area contributed by atoms with Crippen LogP contribution in [0, 0.1) is 0 Å². The molecule has 5 nitrogen and oxygen atoms in total. The van der Waals surface area contributed by atoms with Crippen LogP contribution in [0.1, 0.15) is 17.4 Å². The molecule has 4 rings (SSSR count). The minimum absolute atomic E-state index is 0.744. The third-order valence-corrected chi connectivity index (χ3v) is 4.50. The van der Waals surface area contributed by atoms with Gasteiger partial charge in [-0.3, -0.25) is 4.98 Å². The zero-order chi connectivity index (χ0) is 14.9. The molecule has 0 aromatic carbocycles. The lowest BCUT2D eigenvalue weighted by Gasteiger charge is -1.99. The topological polar surface area (TPSA) is 59.4 Å².